The van der Waals surface area contributed by atoms with Crippen molar-refractivity contribution in [3.63, 3.8) is 0 Å². The van der Waals surface area contributed by atoms with E-state index < -0.39 is 17.5 Å². The van der Waals surface area contributed by atoms with Gasteiger partial charge in [0, 0.05) is 12.8 Å². The number of carbonyl (C=O) groups is 1. The molecule has 2 aromatic heterocycles. The predicted molar refractivity (Wildman–Crippen MR) is 79.0 cm³/mol. The van der Waals surface area contributed by atoms with E-state index in [4.69, 9.17) is 5.11 Å². The Balaban J connectivity index is 1.92. The van der Waals surface area contributed by atoms with Gasteiger partial charge in [0.25, 0.3) is 5.56 Å². The Hall–Kier alpha value is -1.97. The normalized spacial score (nSPS) is 18.3. The van der Waals surface area contributed by atoms with Crippen molar-refractivity contribution in [1.29, 1.82) is 0 Å². The molecule has 0 amide bonds. The van der Waals surface area contributed by atoms with E-state index in [1.807, 2.05) is 0 Å². The Morgan fingerprint density at radius 2 is 2.17 bits per heavy atom. The molecule has 0 bridgehead atoms. The fourth-order valence-electron chi connectivity index (χ4n) is 2.65. The number of hydrogen-bond donors (Lipinski definition) is 2. The summed E-state index contributed by atoms with van der Waals surface area (Å²) in [6.45, 7) is 0. The highest BCUT2D eigenvalue weighted by atomic mass is 32.2. The molecule has 10 heteroatoms. The average molecular weight is 344 g/mol. The Morgan fingerprint density at radius 1 is 1.48 bits per heavy atom. The summed E-state index contributed by atoms with van der Waals surface area (Å²) >= 11 is 0.889. The molecule has 23 heavy (non-hydrogen) atoms. The molecule has 124 valence electrons. The van der Waals surface area contributed by atoms with Crippen LogP contribution in [0.4, 0.5) is 8.78 Å². The first-order chi connectivity index (χ1) is 10.9. The van der Waals surface area contributed by atoms with Gasteiger partial charge < -0.3 is 10.1 Å². The van der Waals surface area contributed by atoms with Gasteiger partial charge in [-0.3, -0.25) is 9.59 Å². The number of H-pyrrole nitrogens is 1. The van der Waals surface area contributed by atoms with Crippen LogP contribution in [0.25, 0.3) is 11.0 Å². The van der Waals surface area contributed by atoms with Crippen molar-refractivity contribution in [1.82, 2.24) is 19.7 Å². The molecule has 1 fully saturated rings. The summed E-state index contributed by atoms with van der Waals surface area (Å²) in [5, 5.41) is 13.3. The molecule has 0 radical (unpaired) electrons. The van der Waals surface area contributed by atoms with E-state index in [1.54, 1.807) is 0 Å². The fraction of sp³-hybridized carbons (Fsp3) is 0.538. The van der Waals surface area contributed by atoms with Gasteiger partial charge in [-0.1, -0.05) is 11.8 Å². The number of alkyl halides is 2. The second-order valence-corrected chi connectivity index (χ2v) is 6.43. The smallest absolute Gasteiger partial charge is 0.313 e. The first-order valence-electron chi connectivity index (χ1n) is 7.06. The number of nitrogens with one attached hydrogen (secondary N) is 1. The molecule has 0 unspecified atom stereocenters. The number of aliphatic carboxylic acids is 1. The maximum absolute atomic E-state index is 13.3. The number of aromatic nitrogens is 4. The molecule has 0 atom stereocenters. The lowest BCUT2D eigenvalue weighted by Crippen LogP contribution is -2.27. The second kappa shape index (κ2) is 5.91. The van der Waals surface area contributed by atoms with Crippen LogP contribution < -0.4 is 5.56 Å². The third kappa shape index (κ3) is 3.36. The number of nitrogens with zero attached hydrogens (tertiary/aromatic N) is 3. The van der Waals surface area contributed by atoms with Crippen molar-refractivity contribution in [2.75, 3.05) is 5.75 Å². The molecule has 2 aromatic rings. The van der Waals surface area contributed by atoms with Crippen molar-refractivity contribution in [3.8, 4) is 0 Å². The fourth-order valence-corrected chi connectivity index (χ4v) is 3.23. The van der Waals surface area contributed by atoms with Crippen LogP contribution >= 0.6 is 11.8 Å². The van der Waals surface area contributed by atoms with Crippen LogP contribution in [-0.2, 0) is 4.79 Å². The summed E-state index contributed by atoms with van der Waals surface area (Å²) in [7, 11) is 0. The van der Waals surface area contributed by atoms with Crippen LogP contribution in [0, 0.1) is 0 Å². The molecule has 0 spiro atoms. The number of aromatic amines is 1. The molecule has 1 saturated carbocycles. The van der Waals surface area contributed by atoms with Gasteiger partial charge in [-0.25, -0.2) is 18.4 Å². The van der Waals surface area contributed by atoms with Crippen LogP contribution in [0.2, 0.25) is 0 Å². The van der Waals surface area contributed by atoms with Gasteiger partial charge in [-0.15, -0.1) is 0 Å². The maximum atomic E-state index is 13.3. The highest BCUT2D eigenvalue weighted by Gasteiger charge is 2.36. The lowest BCUT2D eigenvalue weighted by molar-refractivity contribution is -0.133. The summed E-state index contributed by atoms with van der Waals surface area (Å²) in [6, 6.07) is -0.237. The van der Waals surface area contributed by atoms with Gasteiger partial charge in [0.2, 0.25) is 5.92 Å². The zero-order chi connectivity index (χ0) is 16.6. The van der Waals surface area contributed by atoms with Gasteiger partial charge >= 0.3 is 5.97 Å². The summed E-state index contributed by atoms with van der Waals surface area (Å²) in [5.41, 5.74) is -0.118. The quantitative estimate of drug-likeness (QED) is 0.650. The average Bonchev–Trinajstić information content (AvgIpc) is 2.89. The van der Waals surface area contributed by atoms with Crippen LogP contribution in [0.3, 0.4) is 0 Å². The van der Waals surface area contributed by atoms with Crippen molar-refractivity contribution in [2.24, 2.45) is 0 Å². The van der Waals surface area contributed by atoms with E-state index >= 15 is 0 Å². The summed E-state index contributed by atoms with van der Waals surface area (Å²) in [4.78, 5) is 29.4. The topological polar surface area (TPSA) is 101 Å². The zero-order valence-corrected chi connectivity index (χ0v) is 12.8. The van der Waals surface area contributed by atoms with Crippen LogP contribution in [-0.4, -0.2) is 42.5 Å². The minimum Gasteiger partial charge on any atom is -0.481 e. The summed E-state index contributed by atoms with van der Waals surface area (Å²) in [5.74, 6) is -3.91. The van der Waals surface area contributed by atoms with Crippen molar-refractivity contribution in [3.05, 3.63) is 16.6 Å². The molecule has 1 aliphatic rings. The first-order valence-corrected chi connectivity index (χ1v) is 8.04. The summed E-state index contributed by atoms with van der Waals surface area (Å²) < 4.78 is 28.1. The standard InChI is InChI=1S/C13H14F2N4O3S/c14-13(15)3-1-7(2-4-13)19-10-8(5-16-19)11(22)18-12(17-10)23-6-9(20)21/h5,7H,1-4,6H2,(H,20,21)(H,17,18,22). The number of carboxylic acids is 1. The third-order valence-corrected chi connectivity index (χ3v) is 4.66. The molecule has 1 aliphatic carbocycles. The summed E-state index contributed by atoms with van der Waals surface area (Å²) in [6.07, 6.45) is 1.44. The van der Waals surface area contributed by atoms with E-state index in [9.17, 15) is 18.4 Å². The lowest BCUT2D eigenvalue weighted by atomic mass is 9.92. The van der Waals surface area contributed by atoms with E-state index in [0.29, 0.717) is 5.65 Å². The van der Waals surface area contributed by atoms with Gasteiger partial charge in [-0.05, 0) is 12.8 Å². The van der Waals surface area contributed by atoms with Crippen LogP contribution in [0.15, 0.2) is 16.1 Å². The van der Waals surface area contributed by atoms with Gasteiger partial charge in [-0.2, -0.15) is 5.10 Å². The molecule has 0 saturated heterocycles. The molecule has 2 N–H and O–H groups in total. The SMILES string of the molecule is O=C(O)CSc1nc2c(cnn2C2CCC(F)(F)CC2)c(=O)[nH]1. The van der Waals surface area contributed by atoms with Crippen LogP contribution in [0.1, 0.15) is 31.7 Å². The molecule has 0 aliphatic heterocycles. The lowest BCUT2D eigenvalue weighted by Gasteiger charge is -2.28. The minimum absolute atomic E-state index is 0.174. The molecule has 2 heterocycles. The van der Waals surface area contributed by atoms with Gasteiger partial charge in [0.15, 0.2) is 10.8 Å². The highest BCUT2D eigenvalue weighted by molar-refractivity contribution is 7.99. The Bertz CT molecular complexity index is 794. The molecule has 7 nitrogen and oxygen atoms in total. The Kier molecular flexibility index (Phi) is 4.09. The predicted octanol–water partition coefficient (Wildman–Crippen LogP) is 2.05. The number of thioether (sulfide) groups is 1. The number of carboxylic acid groups (broad SMARTS) is 1. The first kappa shape index (κ1) is 15.9. The third-order valence-electron chi connectivity index (χ3n) is 3.81. The molecular weight excluding hydrogens is 330 g/mol. The minimum atomic E-state index is -2.65. The van der Waals surface area contributed by atoms with E-state index in [2.05, 4.69) is 15.1 Å². The largest absolute Gasteiger partial charge is 0.481 e. The molecule has 0 aromatic carbocycles. The van der Waals surface area contributed by atoms with E-state index in [0.717, 1.165) is 11.8 Å². The second-order valence-electron chi connectivity index (χ2n) is 5.47. The van der Waals surface area contributed by atoms with E-state index in [-0.39, 0.29) is 48.0 Å². The number of hydrogen-bond acceptors (Lipinski definition) is 5. The van der Waals surface area contributed by atoms with Crippen molar-refractivity contribution < 1.29 is 18.7 Å². The van der Waals surface area contributed by atoms with Crippen LogP contribution in [0.5, 0.6) is 0 Å². The number of halogens is 2. The monoisotopic (exact) mass is 344 g/mol. The van der Waals surface area contributed by atoms with Crippen molar-refractivity contribution >= 4 is 28.8 Å². The Morgan fingerprint density at radius 3 is 2.83 bits per heavy atom. The number of rotatable bonds is 4. The zero-order valence-electron chi connectivity index (χ0n) is 12.0. The highest BCUT2D eigenvalue weighted by Crippen LogP contribution is 2.38. The Labute approximate surface area is 133 Å². The van der Waals surface area contributed by atoms with Crippen molar-refractivity contribution in [2.45, 2.75) is 42.8 Å². The van der Waals surface area contributed by atoms with Gasteiger partial charge in [0.05, 0.1) is 18.0 Å². The molecule has 3 rings (SSSR count). The van der Waals surface area contributed by atoms with Gasteiger partial charge in [0.1, 0.15) is 5.39 Å². The van der Waals surface area contributed by atoms with E-state index in [1.165, 1.54) is 10.9 Å². The molecular formula is C13H14F2N4O3S. The maximum Gasteiger partial charge on any atom is 0.313 e. The number of fused-ring (bicyclic) bond motifs is 1.